The predicted octanol–water partition coefficient (Wildman–Crippen LogP) is 6.93. The van der Waals surface area contributed by atoms with Gasteiger partial charge in [0.2, 0.25) is 0 Å². The molecule has 0 aliphatic carbocycles. The number of rotatable bonds is 9. The average Bonchev–Trinajstić information content (AvgIpc) is 2.98. The van der Waals surface area contributed by atoms with Gasteiger partial charge < -0.3 is 15.1 Å². The van der Waals surface area contributed by atoms with E-state index in [2.05, 4.69) is 35.3 Å². The standard InChI is InChI=1S/C34H33N3O2S/c1-3-36(29-15-8-5-9-16-29)20-19-35-33(38)28-17-18-31-30(23-28)37(24-27-14-10-11-25(2)21-27)34(39)32(40-31)22-26-12-6-4-7-13-26/h4-18,21-23H,3,19-20,24H2,1-2H3,(H,35,38)/b32-22-. The first kappa shape index (κ1) is 27.3. The summed E-state index contributed by atoms with van der Waals surface area (Å²) < 4.78 is 0. The number of hydrogen-bond donors (Lipinski definition) is 1. The van der Waals surface area contributed by atoms with Crippen LogP contribution in [0, 0.1) is 6.92 Å². The van der Waals surface area contributed by atoms with Gasteiger partial charge in [0.1, 0.15) is 0 Å². The van der Waals surface area contributed by atoms with Gasteiger partial charge in [-0.2, -0.15) is 0 Å². The summed E-state index contributed by atoms with van der Waals surface area (Å²) >= 11 is 1.45. The summed E-state index contributed by atoms with van der Waals surface area (Å²) in [6.45, 7) is 6.66. The molecular weight excluding hydrogens is 514 g/mol. The maximum atomic E-state index is 13.8. The third kappa shape index (κ3) is 6.46. The van der Waals surface area contributed by atoms with Gasteiger partial charge in [0, 0.05) is 35.8 Å². The highest BCUT2D eigenvalue weighted by atomic mass is 32.2. The smallest absolute Gasteiger partial charge is 0.265 e. The van der Waals surface area contributed by atoms with Crippen LogP contribution in [0.2, 0.25) is 0 Å². The van der Waals surface area contributed by atoms with E-state index < -0.39 is 0 Å². The Morgan fingerprint density at radius 2 is 1.68 bits per heavy atom. The summed E-state index contributed by atoms with van der Waals surface area (Å²) in [5.41, 5.74) is 5.59. The highest BCUT2D eigenvalue weighted by molar-refractivity contribution is 8.04. The largest absolute Gasteiger partial charge is 0.370 e. The predicted molar refractivity (Wildman–Crippen MR) is 166 cm³/mol. The Morgan fingerprint density at radius 3 is 2.40 bits per heavy atom. The summed E-state index contributed by atoms with van der Waals surface area (Å²) in [6.07, 6.45) is 1.94. The molecule has 0 radical (unpaired) electrons. The van der Waals surface area contributed by atoms with Crippen LogP contribution >= 0.6 is 11.8 Å². The van der Waals surface area contributed by atoms with Crippen LogP contribution in [0.5, 0.6) is 0 Å². The van der Waals surface area contributed by atoms with Crippen LogP contribution in [0.3, 0.4) is 0 Å². The number of para-hydroxylation sites is 1. The second-order valence-electron chi connectivity index (χ2n) is 9.76. The second-order valence-corrected chi connectivity index (χ2v) is 10.8. The Kier molecular flexibility index (Phi) is 8.67. The minimum atomic E-state index is -0.148. The maximum Gasteiger partial charge on any atom is 0.265 e. The summed E-state index contributed by atoms with van der Waals surface area (Å²) in [5.74, 6) is -0.215. The number of carbonyl (C=O) groups is 2. The SMILES string of the molecule is CCN(CCNC(=O)c1ccc2c(c1)N(Cc1cccc(C)c1)C(=O)/C(=C/c1ccccc1)S2)c1ccccc1. The molecule has 0 aromatic heterocycles. The van der Waals surface area contributed by atoms with Gasteiger partial charge in [0.15, 0.2) is 0 Å². The lowest BCUT2D eigenvalue weighted by atomic mass is 10.1. The van der Waals surface area contributed by atoms with E-state index in [1.807, 2.05) is 97.9 Å². The molecule has 1 aliphatic rings. The fourth-order valence-electron chi connectivity index (χ4n) is 4.82. The zero-order valence-electron chi connectivity index (χ0n) is 22.8. The molecule has 0 spiro atoms. The van der Waals surface area contributed by atoms with Crippen molar-refractivity contribution in [3.05, 3.63) is 130 Å². The van der Waals surface area contributed by atoms with Gasteiger partial charge >= 0.3 is 0 Å². The quantitative estimate of drug-likeness (QED) is 0.231. The topological polar surface area (TPSA) is 52.7 Å². The fraction of sp³-hybridized carbons (Fsp3) is 0.176. The lowest BCUT2D eigenvalue weighted by Gasteiger charge is -2.31. The lowest BCUT2D eigenvalue weighted by Crippen LogP contribution is -2.36. The van der Waals surface area contributed by atoms with Crippen molar-refractivity contribution in [2.45, 2.75) is 25.3 Å². The first-order valence-electron chi connectivity index (χ1n) is 13.6. The van der Waals surface area contributed by atoms with Gasteiger partial charge in [-0.15, -0.1) is 0 Å². The Hall–Kier alpha value is -4.29. The van der Waals surface area contributed by atoms with E-state index in [1.54, 1.807) is 4.90 Å². The Bertz CT molecular complexity index is 1520. The minimum absolute atomic E-state index is 0.0677. The molecule has 4 aromatic carbocycles. The summed E-state index contributed by atoms with van der Waals surface area (Å²) in [6, 6.07) is 33.9. The van der Waals surface area contributed by atoms with Crippen LogP contribution < -0.4 is 15.1 Å². The van der Waals surface area contributed by atoms with E-state index in [0.29, 0.717) is 30.1 Å². The number of fused-ring (bicyclic) bond motifs is 1. The number of nitrogens with one attached hydrogen (secondary N) is 1. The first-order chi connectivity index (χ1) is 19.5. The number of hydrogen-bond acceptors (Lipinski definition) is 4. The van der Waals surface area contributed by atoms with Crippen molar-refractivity contribution < 1.29 is 9.59 Å². The zero-order chi connectivity index (χ0) is 27.9. The lowest BCUT2D eigenvalue weighted by molar-refractivity contribution is -0.114. The minimum Gasteiger partial charge on any atom is -0.370 e. The summed E-state index contributed by atoms with van der Waals surface area (Å²) in [7, 11) is 0. The molecule has 4 aromatic rings. The molecule has 1 N–H and O–H groups in total. The normalized spacial score (nSPS) is 13.7. The van der Waals surface area contributed by atoms with Crippen molar-refractivity contribution in [3.63, 3.8) is 0 Å². The number of anilines is 2. The van der Waals surface area contributed by atoms with Crippen molar-refractivity contribution in [1.82, 2.24) is 5.32 Å². The van der Waals surface area contributed by atoms with Gasteiger partial charge in [0.05, 0.1) is 17.1 Å². The van der Waals surface area contributed by atoms with Gasteiger partial charge in [0.25, 0.3) is 11.8 Å². The fourth-order valence-corrected chi connectivity index (χ4v) is 5.86. The molecular formula is C34H33N3O2S. The molecule has 1 heterocycles. The van der Waals surface area contributed by atoms with E-state index in [1.165, 1.54) is 11.8 Å². The van der Waals surface area contributed by atoms with Crippen molar-refractivity contribution >= 4 is 41.0 Å². The summed E-state index contributed by atoms with van der Waals surface area (Å²) in [5, 5.41) is 3.06. The number of benzene rings is 4. The molecule has 2 amide bonds. The number of aryl methyl sites for hydroxylation is 1. The molecule has 6 heteroatoms. The molecule has 5 nitrogen and oxygen atoms in total. The van der Waals surface area contributed by atoms with Crippen molar-refractivity contribution in [1.29, 1.82) is 0 Å². The van der Waals surface area contributed by atoms with E-state index in [4.69, 9.17) is 0 Å². The van der Waals surface area contributed by atoms with E-state index in [0.717, 1.165) is 39.5 Å². The number of carbonyl (C=O) groups excluding carboxylic acids is 2. The molecule has 0 fully saturated rings. The average molecular weight is 548 g/mol. The van der Waals surface area contributed by atoms with Gasteiger partial charge in [-0.25, -0.2) is 0 Å². The van der Waals surface area contributed by atoms with Crippen LogP contribution in [-0.2, 0) is 11.3 Å². The van der Waals surface area contributed by atoms with Gasteiger partial charge in [-0.1, -0.05) is 90.1 Å². The maximum absolute atomic E-state index is 13.8. The van der Waals surface area contributed by atoms with Crippen molar-refractivity contribution in [2.24, 2.45) is 0 Å². The molecule has 0 saturated heterocycles. The number of thioether (sulfide) groups is 1. The molecule has 1 aliphatic heterocycles. The van der Waals surface area contributed by atoms with Crippen LogP contribution in [0.25, 0.3) is 6.08 Å². The first-order valence-corrected chi connectivity index (χ1v) is 14.4. The Labute approximate surface area is 240 Å². The molecule has 5 rings (SSSR count). The third-order valence-corrected chi connectivity index (χ3v) is 7.96. The second kappa shape index (κ2) is 12.7. The molecule has 0 unspecified atom stereocenters. The number of nitrogens with zero attached hydrogens (tertiary/aromatic N) is 2. The third-order valence-electron chi connectivity index (χ3n) is 6.88. The van der Waals surface area contributed by atoms with Crippen molar-refractivity contribution in [2.75, 3.05) is 29.4 Å². The van der Waals surface area contributed by atoms with Crippen LogP contribution in [0.1, 0.15) is 34.0 Å². The monoisotopic (exact) mass is 547 g/mol. The molecule has 40 heavy (non-hydrogen) atoms. The highest BCUT2D eigenvalue weighted by Gasteiger charge is 2.30. The Morgan fingerprint density at radius 1 is 0.925 bits per heavy atom. The van der Waals surface area contributed by atoms with E-state index >= 15 is 0 Å². The van der Waals surface area contributed by atoms with Gasteiger partial charge in [-0.3, -0.25) is 9.59 Å². The zero-order valence-corrected chi connectivity index (χ0v) is 23.7. The van der Waals surface area contributed by atoms with Crippen LogP contribution in [0.15, 0.2) is 113 Å². The van der Waals surface area contributed by atoms with E-state index in [-0.39, 0.29) is 11.8 Å². The van der Waals surface area contributed by atoms with Crippen LogP contribution in [0.4, 0.5) is 11.4 Å². The van der Waals surface area contributed by atoms with Crippen molar-refractivity contribution in [3.8, 4) is 0 Å². The van der Waals surface area contributed by atoms with Gasteiger partial charge in [-0.05, 0) is 61.4 Å². The summed E-state index contributed by atoms with van der Waals surface area (Å²) in [4.78, 5) is 32.6. The molecule has 202 valence electrons. The highest BCUT2D eigenvalue weighted by Crippen LogP contribution is 2.43. The molecule has 0 atom stereocenters. The molecule has 0 bridgehead atoms. The number of likely N-dealkylation sites (N-methyl/N-ethyl adjacent to an activating group) is 1. The van der Waals surface area contributed by atoms with E-state index in [9.17, 15) is 9.59 Å². The van der Waals surface area contributed by atoms with Crippen LogP contribution in [-0.4, -0.2) is 31.4 Å². The molecule has 0 saturated carbocycles. The Balaban J connectivity index is 1.38. The number of amides is 2.